The van der Waals surface area contributed by atoms with Gasteiger partial charge in [-0.25, -0.2) is 4.98 Å². The Morgan fingerprint density at radius 3 is 2.86 bits per heavy atom. The molecule has 3 N–H and O–H groups in total. The van der Waals surface area contributed by atoms with Crippen LogP contribution in [-0.4, -0.2) is 94.6 Å². The molecule has 4 heterocycles. The van der Waals surface area contributed by atoms with Crippen LogP contribution in [0.1, 0.15) is 42.2 Å². The number of carbonyl (C=O) groups excluding carboxylic acids is 3. The lowest BCUT2D eigenvalue weighted by atomic mass is 9.96. The van der Waals surface area contributed by atoms with E-state index in [0.29, 0.717) is 50.5 Å². The zero-order chi connectivity index (χ0) is 25.8. The van der Waals surface area contributed by atoms with E-state index in [4.69, 9.17) is 9.47 Å². The average Bonchev–Trinajstić information content (AvgIpc) is 3.40. The third-order valence-electron chi connectivity index (χ3n) is 7.27. The molecule has 0 spiro atoms. The van der Waals surface area contributed by atoms with Crippen molar-refractivity contribution in [1.29, 1.82) is 0 Å². The summed E-state index contributed by atoms with van der Waals surface area (Å²) in [5.74, 6) is -0.0877. The normalized spacial score (nSPS) is 27.2. The number of nitrogens with zero attached hydrogens (tertiary/aromatic N) is 3. The van der Waals surface area contributed by atoms with Crippen molar-refractivity contribution >= 4 is 17.7 Å². The summed E-state index contributed by atoms with van der Waals surface area (Å²) < 4.78 is 12.4. The molecule has 2 bridgehead atoms. The van der Waals surface area contributed by atoms with Gasteiger partial charge < -0.3 is 30.0 Å². The summed E-state index contributed by atoms with van der Waals surface area (Å²) >= 11 is 0. The number of piperazine rings is 1. The molecule has 3 aliphatic heterocycles. The molecule has 1 aromatic heterocycles. The Morgan fingerprint density at radius 1 is 1.19 bits per heavy atom. The van der Waals surface area contributed by atoms with Crippen LogP contribution in [0.3, 0.4) is 0 Å². The van der Waals surface area contributed by atoms with Crippen LogP contribution >= 0.6 is 0 Å². The zero-order valence-corrected chi connectivity index (χ0v) is 21.0. The quantitative estimate of drug-likeness (QED) is 0.554. The molecule has 0 radical (unpaired) electrons. The lowest BCUT2D eigenvalue weighted by Gasteiger charge is -2.41. The minimum atomic E-state index is -0.696. The molecule has 3 aliphatic rings. The molecule has 1 aromatic carbocycles. The third kappa shape index (κ3) is 5.94. The summed E-state index contributed by atoms with van der Waals surface area (Å²) in [4.78, 5) is 50.1. The van der Waals surface area contributed by atoms with E-state index in [1.165, 1.54) is 6.92 Å². The van der Waals surface area contributed by atoms with Crippen LogP contribution < -0.4 is 15.4 Å². The molecule has 11 heteroatoms. The second kappa shape index (κ2) is 11.3. The summed E-state index contributed by atoms with van der Waals surface area (Å²) in [6.45, 7) is 4.13. The van der Waals surface area contributed by atoms with Crippen molar-refractivity contribution in [2.24, 2.45) is 0 Å². The van der Waals surface area contributed by atoms with Gasteiger partial charge in [0.05, 0.1) is 36.7 Å². The number of hydrogen-bond acceptors (Lipinski definition) is 7. The Balaban J connectivity index is 1.41. The Hall–Kier alpha value is -3.44. The van der Waals surface area contributed by atoms with Gasteiger partial charge >= 0.3 is 0 Å². The number of rotatable bonds is 3. The van der Waals surface area contributed by atoms with Gasteiger partial charge in [0, 0.05) is 58.0 Å². The molecule has 0 unspecified atom stereocenters. The topological polar surface area (TPSA) is 129 Å². The molecule has 5 rings (SSSR count). The summed E-state index contributed by atoms with van der Waals surface area (Å²) in [5, 5.41) is 6.00. The van der Waals surface area contributed by atoms with Crippen LogP contribution in [0.2, 0.25) is 0 Å². The van der Waals surface area contributed by atoms with Gasteiger partial charge in [0.2, 0.25) is 11.8 Å². The van der Waals surface area contributed by atoms with Gasteiger partial charge in [0.25, 0.3) is 5.91 Å². The monoisotopic (exact) mass is 510 g/mol. The number of ether oxygens (including phenoxy) is 2. The largest absolute Gasteiger partial charge is 0.493 e. The number of carbonyl (C=O) groups is 3. The summed E-state index contributed by atoms with van der Waals surface area (Å²) in [6.07, 6.45) is 5.14. The fraction of sp³-hybridized carbons (Fsp3) is 0.538. The maximum absolute atomic E-state index is 13.7. The second-order valence-electron chi connectivity index (χ2n) is 9.89. The van der Waals surface area contributed by atoms with E-state index in [0.717, 1.165) is 18.5 Å². The van der Waals surface area contributed by atoms with Crippen LogP contribution in [-0.2, 0) is 20.9 Å². The first-order chi connectivity index (χ1) is 18.0. The number of aromatic nitrogens is 2. The first-order valence-corrected chi connectivity index (χ1v) is 12.9. The number of aromatic amines is 1. The Labute approximate surface area is 215 Å². The number of fused-ring (bicyclic) bond motifs is 4. The minimum Gasteiger partial charge on any atom is -0.493 e. The average molecular weight is 511 g/mol. The van der Waals surface area contributed by atoms with Crippen LogP contribution in [0.15, 0.2) is 36.8 Å². The molecule has 0 aliphatic carbocycles. The highest BCUT2D eigenvalue weighted by Gasteiger charge is 2.38. The van der Waals surface area contributed by atoms with E-state index >= 15 is 0 Å². The van der Waals surface area contributed by atoms with Gasteiger partial charge in [-0.2, -0.15) is 0 Å². The van der Waals surface area contributed by atoms with Gasteiger partial charge in [0.1, 0.15) is 11.8 Å². The van der Waals surface area contributed by atoms with Crippen LogP contribution in [0.25, 0.3) is 0 Å². The Kier molecular flexibility index (Phi) is 7.71. The number of benzene rings is 1. The minimum absolute atomic E-state index is 0.0613. The molecular formula is C26H34N6O5. The highest BCUT2D eigenvalue weighted by atomic mass is 16.5. The summed E-state index contributed by atoms with van der Waals surface area (Å²) in [5.41, 5.74) is 1.40. The van der Waals surface area contributed by atoms with Crippen molar-refractivity contribution in [2.75, 3.05) is 32.8 Å². The molecule has 2 saturated heterocycles. The Bertz CT molecular complexity index is 1110. The van der Waals surface area contributed by atoms with Gasteiger partial charge in [-0.15, -0.1) is 0 Å². The molecule has 11 nitrogen and oxygen atoms in total. The molecular weight excluding hydrogens is 476 g/mol. The number of hydrogen-bond donors (Lipinski definition) is 3. The molecule has 3 amide bonds. The van der Waals surface area contributed by atoms with Crippen molar-refractivity contribution in [3.63, 3.8) is 0 Å². The van der Waals surface area contributed by atoms with Crippen molar-refractivity contribution in [3.8, 4) is 5.75 Å². The van der Waals surface area contributed by atoms with Crippen LogP contribution in [0.5, 0.6) is 5.75 Å². The first kappa shape index (κ1) is 25.2. The highest BCUT2D eigenvalue weighted by Crippen LogP contribution is 2.26. The van der Waals surface area contributed by atoms with Crippen molar-refractivity contribution in [2.45, 2.75) is 57.0 Å². The van der Waals surface area contributed by atoms with Gasteiger partial charge in [-0.05, 0) is 25.0 Å². The first-order valence-electron chi connectivity index (χ1n) is 12.9. The predicted molar refractivity (Wildman–Crippen MR) is 134 cm³/mol. The fourth-order valence-corrected chi connectivity index (χ4v) is 5.40. The fourth-order valence-electron chi connectivity index (χ4n) is 5.40. The molecule has 2 aromatic rings. The van der Waals surface area contributed by atoms with Crippen LogP contribution in [0.4, 0.5) is 0 Å². The number of imidazole rings is 1. The standard InChI is InChI=1S/C26H34N6O5/c1-17(33)30-21-7-6-19-8-11-36-23-5-3-2-4-20(23)26(35)32-10-9-31(14-18-12-27-16-29-18)15-22(32)25(34)28-13-24(21)37-19/h2-5,12,16,19,21-22,24H,6-11,13-15H2,1H3,(H,27,29)(H,28,34)(H,30,33)/t19-,21+,22-,24+/m0/s1. The molecule has 4 atom stereocenters. The van der Waals surface area contributed by atoms with Gasteiger partial charge in [-0.3, -0.25) is 19.3 Å². The van der Waals surface area contributed by atoms with Crippen molar-refractivity contribution < 1.29 is 23.9 Å². The number of amides is 3. The van der Waals surface area contributed by atoms with E-state index in [1.54, 1.807) is 29.6 Å². The van der Waals surface area contributed by atoms with Crippen LogP contribution in [0, 0.1) is 0 Å². The second-order valence-corrected chi connectivity index (χ2v) is 9.89. The van der Waals surface area contributed by atoms with E-state index < -0.39 is 6.04 Å². The zero-order valence-electron chi connectivity index (χ0n) is 21.0. The van der Waals surface area contributed by atoms with E-state index in [-0.39, 0.29) is 42.5 Å². The highest BCUT2D eigenvalue weighted by molar-refractivity contribution is 6.00. The maximum Gasteiger partial charge on any atom is 0.258 e. The number of para-hydroxylation sites is 1. The van der Waals surface area contributed by atoms with Gasteiger partial charge in [0.15, 0.2) is 0 Å². The summed E-state index contributed by atoms with van der Waals surface area (Å²) in [7, 11) is 0. The molecule has 37 heavy (non-hydrogen) atoms. The van der Waals surface area contributed by atoms with Crippen molar-refractivity contribution in [3.05, 3.63) is 48.0 Å². The summed E-state index contributed by atoms with van der Waals surface area (Å²) in [6, 6.07) is 6.31. The van der Waals surface area contributed by atoms with E-state index in [2.05, 4.69) is 25.5 Å². The van der Waals surface area contributed by atoms with E-state index in [1.807, 2.05) is 12.1 Å². The number of H-pyrrole nitrogens is 1. The third-order valence-corrected chi connectivity index (χ3v) is 7.27. The number of nitrogens with one attached hydrogen (secondary N) is 3. The van der Waals surface area contributed by atoms with Gasteiger partial charge in [-0.1, -0.05) is 12.1 Å². The Morgan fingerprint density at radius 2 is 2.05 bits per heavy atom. The molecule has 2 fully saturated rings. The smallest absolute Gasteiger partial charge is 0.258 e. The van der Waals surface area contributed by atoms with Crippen molar-refractivity contribution in [1.82, 2.24) is 30.4 Å². The SMILES string of the molecule is CC(=O)N[C@@H]1CC[C@H]2CCOc3ccccc3C(=O)N3CCN(Cc4cnc[nH]4)C[C@H]3C(=O)NC[C@H]1O2. The lowest BCUT2D eigenvalue weighted by molar-refractivity contribution is -0.131. The molecule has 0 saturated carbocycles. The lowest BCUT2D eigenvalue weighted by Crippen LogP contribution is -2.61. The maximum atomic E-state index is 13.7. The predicted octanol–water partition coefficient (Wildman–Crippen LogP) is 0.687. The molecule has 198 valence electrons. The van der Waals surface area contributed by atoms with E-state index in [9.17, 15) is 14.4 Å².